The van der Waals surface area contributed by atoms with E-state index in [1.165, 1.54) is 10.8 Å². The first-order valence-electron chi connectivity index (χ1n) is 6.90. The molecular formula is C16H22O3S. The summed E-state index contributed by atoms with van der Waals surface area (Å²) >= 11 is 0. The molecule has 2 rings (SSSR count). The fraction of sp³-hybridized carbons (Fsp3) is 0.375. The first-order chi connectivity index (χ1) is 9.59. The Labute approximate surface area is 121 Å². The first kappa shape index (κ1) is 16.7. The molecule has 0 saturated carbocycles. The molecule has 0 fully saturated rings. The second kappa shape index (κ2) is 8.72. The molecule has 0 aliphatic rings. The lowest BCUT2D eigenvalue weighted by atomic mass is 10.1. The molecule has 0 atom stereocenters. The molecule has 0 unspecified atom stereocenters. The molecule has 0 N–H and O–H groups in total. The van der Waals surface area contributed by atoms with Gasteiger partial charge in [-0.25, -0.2) is 0 Å². The molecule has 0 saturated heterocycles. The van der Waals surface area contributed by atoms with E-state index in [0.29, 0.717) is 13.0 Å². The van der Waals surface area contributed by atoms with Crippen LogP contribution in [0.4, 0.5) is 0 Å². The van der Waals surface area contributed by atoms with Gasteiger partial charge in [0.2, 0.25) is 0 Å². The molecule has 0 aliphatic carbocycles. The minimum atomic E-state index is -3.19. The summed E-state index contributed by atoms with van der Waals surface area (Å²) in [5.41, 5.74) is 0. The SMILES string of the molecule is CCCOS(=O)(=O)CCC.c1ccc2ccccc2c1. The predicted molar refractivity (Wildman–Crippen MR) is 84.3 cm³/mol. The van der Waals surface area contributed by atoms with Gasteiger partial charge in [0.05, 0.1) is 12.4 Å². The van der Waals surface area contributed by atoms with Crippen LogP contribution < -0.4 is 0 Å². The Balaban J connectivity index is 0.000000200. The molecule has 0 aromatic heterocycles. The third-order valence-corrected chi connectivity index (χ3v) is 4.01. The van der Waals surface area contributed by atoms with E-state index in [0.717, 1.165) is 6.42 Å². The standard InChI is InChI=1S/C10H8.C6H14O3S/c1-2-6-10-8-4-3-7-9(10)5-1;1-3-5-9-10(7,8)6-4-2/h1-8H;3-6H2,1-2H3. The first-order valence-corrected chi connectivity index (χ1v) is 8.47. The quantitative estimate of drug-likeness (QED) is 0.783. The molecule has 0 aliphatic heterocycles. The molecule has 110 valence electrons. The van der Waals surface area contributed by atoms with E-state index in [9.17, 15) is 8.42 Å². The van der Waals surface area contributed by atoms with Gasteiger partial charge in [0.15, 0.2) is 0 Å². The second-order valence-electron chi connectivity index (χ2n) is 4.43. The third kappa shape index (κ3) is 6.17. The van der Waals surface area contributed by atoms with Gasteiger partial charge in [0.25, 0.3) is 10.1 Å². The summed E-state index contributed by atoms with van der Waals surface area (Å²) in [4.78, 5) is 0. The average Bonchev–Trinajstić information content (AvgIpc) is 2.46. The van der Waals surface area contributed by atoms with E-state index in [-0.39, 0.29) is 5.75 Å². The summed E-state index contributed by atoms with van der Waals surface area (Å²) in [6.45, 7) is 4.00. The van der Waals surface area contributed by atoms with Gasteiger partial charge < -0.3 is 0 Å². The van der Waals surface area contributed by atoms with E-state index < -0.39 is 10.1 Å². The van der Waals surface area contributed by atoms with E-state index in [4.69, 9.17) is 0 Å². The molecule has 0 spiro atoms. The monoisotopic (exact) mass is 294 g/mol. The zero-order chi connectivity index (χ0) is 14.8. The van der Waals surface area contributed by atoms with Gasteiger partial charge in [-0.15, -0.1) is 0 Å². The van der Waals surface area contributed by atoms with Crippen LogP contribution in [0.3, 0.4) is 0 Å². The van der Waals surface area contributed by atoms with Crippen molar-refractivity contribution in [2.45, 2.75) is 26.7 Å². The van der Waals surface area contributed by atoms with E-state index >= 15 is 0 Å². The molecule has 2 aromatic carbocycles. The summed E-state index contributed by atoms with van der Waals surface area (Å²) in [5, 5.41) is 2.62. The molecule has 0 radical (unpaired) electrons. The largest absolute Gasteiger partial charge is 0.270 e. The highest BCUT2D eigenvalue weighted by atomic mass is 32.2. The third-order valence-electron chi connectivity index (χ3n) is 2.58. The van der Waals surface area contributed by atoms with Crippen molar-refractivity contribution in [3.8, 4) is 0 Å². The normalized spacial score (nSPS) is 10.9. The number of fused-ring (bicyclic) bond motifs is 1. The summed E-state index contributed by atoms with van der Waals surface area (Å²) in [6.07, 6.45) is 1.36. The Bertz CT molecular complexity index is 540. The molecule has 4 heteroatoms. The van der Waals surface area contributed by atoms with Gasteiger partial charge in [-0.1, -0.05) is 62.4 Å². The summed E-state index contributed by atoms with van der Waals surface area (Å²) in [7, 11) is -3.19. The van der Waals surface area contributed by atoms with Crippen molar-refractivity contribution in [1.82, 2.24) is 0 Å². The van der Waals surface area contributed by atoms with Gasteiger partial charge in [-0.3, -0.25) is 4.18 Å². The number of hydrogen-bond acceptors (Lipinski definition) is 3. The topological polar surface area (TPSA) is 43.4 Å². The summed E-state index contributed by atoms with van der Waals surface area (Å²) in [6, 6.07) is 16.7. The fourth-order valence-corrected chi connectivity index (χ4v) is 2.69. The van der Waals surface area contributed by atoms with Crippen LogP contribution in [0, 0.1) is 0 Å². The van der Waals surface area contributed by atoms with Crippen LogP contribution in [-0.4, -0.2) is 20.8 Å². The van der Waals surface area contributed by atoms with E-state index in [1.54, 1.807) is 0 Å². The lowest BCUT2D eigenvalue weighted by Crippen LogP contribution is -2.10. The summed E-state index contributed by atoms with van der Waals surface area (Å²) in [5.74, 6) is 0.132. The Morgan fingerprint density at radius 2 is 1.30 bits per heavy atom. The van der Waals surface area contributed by atoms with Gasteiger partial charge >= 0.3 is 0 Å². The van der Waals surface area contributed by atoms with E-state index in [1.807, 2.05) is 13.8 Å². The lowest BCUT2D eigenvalue weighted by Gasteiger charge is -2.00. The summed E-state index contributed by atoms with van der Waals surface area (Å²) < 4.78 is 26.1. The maximum atomic E-state index is 10.8. The Hall–Kier alpha value is -1.39. The molecule has 20 heavy (non-hydrogen) atoms. The highest BCUT2D eigenvalue weighted by molar-refractivity contribution is 7.86. The minimum absolute atomic E-state index is 0.132. The number of benzene rings is 2. The van der Waals surface area contributed by atoms with Crippen LogP contribution in [0.25, 0.3) is 10.8 Å². The van der Waals surface area contributed by atoms with Crippen LogP contribution in [0.2, 0.25) is 0 Å². The van der Waals surface area contributed by atoms with Crippen LogP contribution in [0.5, 0.6) is 0 Å². The van der Waals surface area contributed by atoms with Crippen molar-refractivity contribution in [3.05, 3.63) is 48.5 Å². The van der Waals surface area contributed by atoms with Crippen molar-refractivity contribution < 1.29 is 12.6 Å². The molecular weight excluding hydrogens is 272 g/mol. The Morgan fingerprint density at radius 1 is 0.850 bits per heavy atom. The second-order valence-corrected chi connectivity index (χ2v) is 6.19. The van der Waals surface area contributed by atoms with Gasteiger partial charge in [0, 0.05) is 0 Å². The number of hydrogen-bond donors (Lipinski definition) is 0. The molecule has 3 nitrogen and oxygen atoms in total. The highest BCUT2D eigenvalue weighted by Gasteiger charge is 2.07. The van der Waals surface area contributed by atoms with Crippen molar-refractivity contribution in [2.24, 2.45) is 0 Å². The van der Waals surface area contributed by atoms with Gasteiger partial charge in [0.1, 0.15) is 0 Å². The maximum Gasteiger partial charge on any atom is 0.267 e. The van der Waals surface area contributed by atoms with Crippen LogP contribution in [0.1, 0.15) is 26.7 Å². The van der Waals surface area contributed by atoms with E-state index in [2.05, 4.69) is 52.7 Å². The molecule has 0 amide bonds. The Kier molecular flexibility index (Phi) is 7.26. The predicted octanol–water partition coefficient (Wildman–Crippen LogP) is 3.99. The van der Waals surface area contributed by atoms with Crippen molar-refractivity contribution >= 4 is 20.9 Å². The molecule has 2 aromatic rings. The Morgan fingerprint density at radius 3 is 1.65 bits per heavy atom. The van der Waals surface area contributed by atoms with Crippen LogP contribution in [-0.2, 0) is 14.3 Å². The zero-order valence-electron chi connectivity index (χ0n) is 12.1. The minimum Gasteiger partial charge on any atom is -0.270 e. The van der Waals surface area contributed by atoms with Gasteiger partial charge in [-0.05, 0) is 23.6 Å². The van der Waals surface area contributed by atoms with Crippen molar-refractivity contribution in [2.75, 3.05) is 12.4 Å². The zero-order valence-corrected chi connectivity index (χ0v) is 12.9. The van der Waals surface area contributed by atoms with Gasteiger partial charge in [-0.2, -0.15) is 8.42 Å². The van der Waals surface area contributed by atoms with Crippen molar-refractivity contribution in [3.63, 3.8) is 0 Å². The fourth-order valence-electron chi connectivity index (χ4n) is 1.65. The molecule has 0 heterocycles. The smallest absolute Gasteiger partial charge is 0.267 e. The van der Waals surface area contributed by atoms with Crippen LogP contribution >= 0.6 is 0 Å². The lowest BCUT2D eigenvalue weighted by molar-refractivity contribution is 0.318. The average molecular weight is 294 g/mol. The number of rotatable bonds is 5. The van der Waals surface area contributed by atoms with Crippen molar-refractivity contribution in [1.29, 1.82) is 0 Å². The van der Waals surface area contributed by atoms with Crippen LogP contribution in [0.15, 0.2) is 48.5 Å². The molecule has 0 bridgehead atoms. The highest BCUT2D eigenvalue weighted by Crippen LogP contribution is 2.11. The maximum absolute atomic E-state index is 10.8.